The Morgan fingerprint density at radius 2 is 2.00 bits per heavy atom. The molecule has 1 aliphatic rings. The Kier molecular flexibility index (Phi) is 4.18. The zero-order valence-electron chi connectivity index (χ0n) is 11.7. The Hall–Kier alpha value is -1.91. The van der Waals surface area contributed by atoms with Crippen LogP contribution in [0.4, 0.5) is 0 Å². The van der Waals surface area contributed by atoms with Crippen LogP contribution in [-0.4, -0.2) is 13.9 Å². The van der Waals surface area contributed by atoms with Crippen LogP contribution in [0.3, 0.4) is 0 Å². The zero-order chi connectivity index (χ0) is 14.7. The Morgan fingerprint density at radius 3 is 2.86 bits per heavy atom. The summed E-state index contributed by atoms with van der Waals surface area (Å²) in [5, 5.41) is 4.06. The molecule has 0 aliphatic carbocycles. The normalized spacial score (nSPS) is 12.5. The number of ether oxygens (including phenoxy) is 3. The van der Waals surface area contributed by atoms with Gasteiger partial charge in [0.25, 0.3) is 0 Å². The second-order valence-corrected chi connectivity index (χ2v) is 5.08. The maximum absolute atomic E-state index is 6.22. The molecule has 0 unspecified atom stereocenters. The average Bonchev–Trinajstić information content (AvgIpc) is 2.98. The van der Waals surface area contributed by atoms with E-state index in [0.29, 0.717) is 18.1 Å². The molecular weight excluding hydrogens is 290 g/mol. The minimum atomic E-state index is 0.282. The molecule has 0 saturated carbocycles. The molecule has 0 radical (unpaired) electrons. The molecule has 1 N–H and O–H groups in total. The summed E-state index contributed by atoms with van der Waals surface area (Å²) >= 11 is 6.22. The second kappa shape index (κ2) is 6.24. The zero-order valence-corrected chi connectivity index (χ0v) is 12.4. The van der Waals surface area contributed by atoms with Crippen LogP contribution in [0.25, 0.3) is 0 Å². The van der Waals surface area contributed by atoms with Crippen LogP contribution in [-0.2, 0) is 13.1 Å². The van der Waals surface area contributed by atoms with Gasteiger partial charge in [-0.05, 0) is 18.2 Å². The number of methoxy groups -OCH3 is 1. The summed E-state index contributed by atoms with van der Waals surface area (Å²) in [6.45, 7) is 1.57. The molecule has 1 heterocycles. The van der Waals surface area contributed by atoms with Gasteiger partial charge in [0.15, 0.2) is 11.5 Å². The van der Waals surface area contributed by atoms with E-state index in [1.807, 2.05) is 36.4 Å². The Labute approximate surface area is 128 Å². The smallest absolute Gasteiger partial charge is 0.231 e. The average molecular weight is 306 g/mol. The Morgan fingerprint density at radius 1 is 1.14 bits per heavy atom. The summed E-state index contributed by atoms with van der Waals surface area (Å²) in [6, 6.07) is 11.5. The predicted octanol–water partition coefficient (Wildman–Crippen LogP) is 3.37. The number of benzene rings is 2. The van der Waals surface area contributed by atoms with Crippen molar-refractivity contribution < 1.29 is 14.2 Å². The first-order valence-electron chi connectivity index (χ1n) is 6.69. The summed E-state index contributed by atoms with van der Waals surface area (Å²) in [5.74, 6) is 2.40. The van der Waals surface area contributed by atoms with E-state index in [1.165, 1.54) is 0 Å². The van der Waals surface area contributed by atoms with Crippen LogP contribution < -0.4 is 19.5 Å². The fraction of sp³-hybridized carbons (Fsp3) is 0.250. The summed E-state index contributed by atoms with van der Waals surface area (Å²) in [6.07, 6.45) is 0. The van der Waals surface area contributed by atoms with Gasteiger partial charge in [0, 0.05) is 29.2 Å². The van der Waals surface area contributed by atoms with Gasteiger partial charge < -0.3 is 19.5 Å². The summed E-state index contributed by atoms with van der Waals surface area (Å²) in [7, 11) is 1.64. The molecule has 110 valence electrons. The highest BCUT2D eigenvalue weighted by Crippen LogP contribution is 2.35. The lowest BCUT2D eigenvalue weighted by Crippen LogP contribution is -2.14. The van der Waals surface area contributed by atoms with E-state index in [9.17, 15) is 0 Å². The largest absolute Gasteiger partial charge is 0.496 e. The molecule has 0 atom stereocenters. The molecule has 1 aliphatic heterocycles. The van der Waals surface area contributed by atoms with Crippen molar-refractivity contribution >= 4 is 11.6 Å². The van der Waals surface area contributed by atoms with E-state index in [0.717, 1.165) is 28.4 Å². The van der Waals surface area contributed by atoms with Crippen molar-refractivity contribution in [3.63, 3.8) is 0 Å². The highest BCUT2D eigenvalue weighted by Gasteiger charge is 2.17. The van der Waals surface area contributed by atoms with Crippen LogP contribution >= 0.6 is 11.6 Å². The van der Waals surface area contributed by atoms with Crippen LogP contribution in [0.5, 0.6) is 17.2 Å². The fourth-order valence-corrected chi connectivity index (χ4v) is 2.59. The number of para-hydroxylation sites is 1. The maximum Gasteiger partial charge on any atom is 0.231 e. The monoisotopic (exact) mass is 305 g/mol. The van der Waals surface area contributed by atoms with Gasteiger partial charge in [-0.1, -0.05) is 29.8 Å². The first kappa shape index (κ1) is 14.0. The Bertz CT molecular complexity index is 645. The van der Waals surface area contributed by atoms with Gasteiger partial charge >= 0.3 is 0 Å². The molecule has 21 heavy (non-hydrogen) atoms. The molecule has 0 bridgehead atoms. The van der Waals surface area contributed by atoms with E-state index in [1.54, 1.807) is 7.11 Å². The van der Waals surface area contributed by atoms with Gasteiger partial charge in [0.1, 0.15) is 5.75 Å². The van der Waals surface area contributed by atoms with E-state index >= 15 is 0 Å². The van der Waals surface area contributed by atoms with E-state index in [4.69, 9.17) is 25.8 Å². The SMILES string of the molecule is COc1cccc(Cl)c1CNCc1cccc2c1OCO2. The van der Waals surface area contributed by atoms with Crippen LogP contribution in [0, 0.1) is 0 Å². The summed E-state index contributed by atoms with van der Waals surface area (Å²) < 4.78 is 16.2. The van der Waals surface area contributed by atoms with Crippen molar-refractivity contribution in [2.75, 3.05) is 13.9 Å². The highest BCUT2D eigenvalue weighted by molar-refractivity contribution is 6.31. The molecule has 5 heteroatoms. The molecule has 2 aromatic carbocycles. The van der Waals surface area contributed by atoms with Gasteiger partial charge in [-0.3, -0.25) is 0 Å². The van der Waals surface area contributed by atoms with Crippen molar-refractivity contribution in [3.05, 3.63) is 52.5 Å². The summed E-state index contributed by atoms with van der Waals surface area (Å²) in [5.41, 5.74) is 2.02. The number of rotatable bonds is 5. The van der Waals surface area contributed by atoms with Gasteiger partial charge in [0.05, 0.1) is 7.11 Å². The highest BCUT2D eigenvalue weighted by atomic mass is 35.5. The third-order valence-electron chi connectivity index (χ3n) is 3.39. The quantitative estimate of drug-likeness (QED) is 0.919. The third-order valence-corrected chi connectivity index (χ3v) is 3.75. The number of fused-ring (bicyclic) bond motifs is 1. The first-order valence-corrected chi connectivity index (χ1v) is 7.07. The predicted molar refractivity (Wildman–Crippen MR) is 81.1 cm³/mol. The van der Waals surface area contributed by atoms with E-state index < -0.39 is 0 Å². The number of hydrogen-bond donors (Lipinski definition) is 1. The molecule has 2 aromatic rings. The van der Waals surface area contributed by atoms with Gasteiger partial charge in [0.2, 0.25) is 6.79 Å². The number of halogens is 1. The van der Waals surface area contributed by atoms with Crippen molar-refractivity contribution in [1.29, 1.82) is 0 Å². The van der Waals surface area contributed by atoms with Gasteiger partial charge in [-0.25, -0.2) is 0 Å². The molecule has 4 nitrogen and oxygen atoms in total. The molecule has 0 saturated heterocycles. The fourth-order valence-electron chi connectivity index (χ4n) is 2.35. The first-order chi connectivity index (χ1) is 10.3. The molecule has 0 amide bonds. The minimum Gasteiger partial charge on any atom is -0.496 e. The molecule has 3 rings (SSSR count). The standard InChI is InChI=1S/C16H16ClNO3/c1-19-14-6-3-5-13(17)12(14)9-18-8-11-4-2-7-15-16(11)21-10-20-15/h2-7,18H,8-10H2,1H3. The Balaban J connectivity index is 1.69. The molecule has 0 fully saturated rings. The number of hydrogen-bond acceptors (Lipinski definition) is 4. The number of nitrogens with one attached hydrogen (secondary N) is 1. The lowest BCUT2D eigenvalue weighted by Gasteiger charge is -2.12. The van der Waals surface area contributed by atoms with Crippen LogP contribution in [0.15, 0.2) is 36.4 Å². The van der Waals surface area contributed by atoms with E-state index in [-0.39, 0.29) is 6.79 Å². The lowest BCUT2D eigenvalue weighted by atomic mass is 10.1. The maximum atomic E-state index is 6.22. The summed E-state index contributed by atoms with van der Waals surface area (Å²) in [4.78, 5) is 0. The van der Waals surface area contributed by atoms with Crippen molar-refractivity contribution in [1.82, 2.24) is 5.32 Å². The van der Waals surface area contributed by atoms with E-state index in [2.05, 4.69) is 5.32 Å². The van der Waals surface area contributed by atoms with Crippen LogP contribution in [0.1, 0.15) is 11.1 Å². The van der Waals surface area contributed by atoms with Crippen LogP contribution in [0.2, 0.25) is 5.02 Å². The molecular formula is C16H16ClNO3. The van der Waals surface area contributed by atoms with Crippen molar-refractivity contribution in [2.45, 2.75) is 13.1 Å². The second-order valence-electron chi connectivity index (χ2n) is 4.68. The lowest BCUT2D eigenvalue weighted by molar-refractivity contribution is 0.173. The molecule has 0 aromatic heterocycles. The van der Waals surface area contributed by atoms with Gasteiger partial charge in [-0.15, -0.1) is 0 Å². The van der Waals surface area contributed by atoms with Gasteiger partial charge in [-0.2, -0.15) is 0 Å². The molecule has 0 spiro atoms. The third kappa shape index (κ3) is 2.91. The minimum absolute atomic E-state index is 0.282. The van der Waals surface area contributed by atoms with Crippen molar-refractivity contribution in [2.24, 2.45) is 0 Å². The van der Waals surface area contributed by atoms with Crippen molar-refractivity contribution in [3.8, 4) is 17.2 Å². The topological polar surface area (TPSA) is 39.7 Å².